The zero-order valence-corrected chi connectivity index (χ0v) is 24.0. The predicted molar refractivity (Wildman–Crippen MR) is 149 cm³/mol. The molecule has 2 aromatic carbocycles. The van der Waals surface area contributed by atoms with Gasteiger partial charge in [0.15, 0.2) is 0 Å². The van der Waals surface area contributed by atoms with Crippen molar-refractivity contribution in [3.05, 3.63) is 58.1 Å². The van der Waals surface area contributed by atoms with Gasteiger partial charge in [0.05, 0.1) is 28.6 Å². The van der Waals surface area contributed by atoms with Crippen molar-refractivity contribution in [1.82, 2.24) is 10.2 Å². The molecule has 8 nitrogen and oxygen atoms in total. The van der Waals surface area contributed by atoms with E-state index in [4.69, 9.17) is 27.9 Å². The zero-order valence-electron chi connectivity index (χ0n) is 21.7. The van der Waals surface area contributed by atoms with Crippen molar-refractivity contribution < 1.29 is 22.7 Å². The molecular formula is C26H35Cl2N3O5S. The topological polar surface area (TPSA) is 96.0 Å². The van der Waals surface area contributed by atoms with E-state index in [1.54, 1.807) is 56.3 Å². The maximum absolute atomic E-state index is 13.8. The molecule has 2 amide bonds. The number of nitrogens with zero attached hydrogens (tertiary/aromatic N) is 2. The van der Waals surface area contributed by atoms with Crippen molar-refractivity contribution in [3.8, 4) is 5.75 Å². The van der Waals surface area contributed by atoms with E-state index in [0.29, 0.717) is 40.9 Å². The third-order valence-electron chi connectivity index (χ3n) is 5.67. The van der Waals surface area contributed by atoms with Crippen LogP contribution >= 0.6 is 23.2 Å². The third-order valence-corrected chi connectivity index (χ3v) is 7.53. The number of ether oxygens (including phenoxy) is 1. The van der Waals surface area contributed by atoms with Crippen molar-refractivity contribution in [2.45, 2.75) is 52.6 Å². The molecule has 0 saturated carbocycles. The zero-order chi connectivity index (χ0) is 27.6. The molecule has 37 heavy (non-hydrogen) atoms. The lowest BCUT2D eigenvalue weighted by atomic mass is 10.1. The molecule has 0 bridgehead atoms. The van der Waals surface area contributed by atoms with Gasteiger partial charge in [-0.1, -0.05) is 61.7 Å². The van der Waals surface area contributed by atoms with Crippen LogP contribution in [0.1, 0.15) is 45.6 Å². The second kappa shape index (κ2) is 14.4. The molecule has 0 fully saturated rings. The van der Waals surface area contributed by atoms with Gasteiger partial charge in [0.2, 0.25) is 21.8 Å². The molecule has 1 N–H and O–H groups in total. The van der Waals surface area contributed by atoms with Gasteiger partial charge in [0.25, 0.3) is 0 Å². The molecule has 2 aromatic rings. The van der Waals surface area contributed by atoms with Crippen molar-refractivity contribution >= 4 is 50.7 Å². The highest BCUT2D eigenvalue weighted by molar-refractivity contribution is 7.92. The number of hydrogen-bond acceptors (Lipinski definition) is 5. The molecule has 0 aliphatic carbocycles. The van der Waals surface area contributed by atoms with Gasteiger partial charge < -0.3 is 15.0 Å². The van der Waals surface area contributed by atoms with Crippen LogP contribution in [-0.4, -0.2) is 57.1 Å². The Hall–Kier alpha value is -2.49. The summed E-state index contributed by atoms with van der Waals surface area (Å²) < 4.78 is 32.3. The second-order valence-corrected chi connectivity index (χ2v) is 11.2. The number of anilines is 1. The van der Waals surface area contributed by atoms with Crippen LogP contribution in [0.3, 0.4) is 0 Å². The van der Waals surface area contributed by atoms with Gasteiger partial charge in [-0.15, -0.1) is 0 Å². The van der Waals surface area contributed by atoms with Crippen molar-refractivity contribution in [3.63, 3.8) is 0 Å². The molecule has 0 aliphatic rings. The predicted octanol–water partition coefficient (Wildman–Crippen LogP) is 4.88. The van der Waals surface area contributed by atoms with E-state index in [9.17, 15) is 18.0 Å². The summed E-state index contributed by atoms with van der Waals surface area (Å²) in [6.45, 7) is 5.94. The normalized spacial score (nSPS) is 12.1. The summed E-state index contributed by atoms with van der Waals surface area (Å²) in [5.74, 6) is -0.506. The molecule has 0 unspecified atom stereocenters. The lowest BCUT2D eigenvalue weighted by molar-refractivity contribution is -0.140. The van der Waals surface area contributed by atoms with Gasteiger partial charge in [-0.25, -0.2) is 8.42 Å². The number of hydrogen-bond donors (Lipinski definition) is 1. The number of nitrogens with one attached hydrogen (secondary N) is 1. The quantitative estimate of drug-likeness (QED) is 0.326. The highest BCUT2D eigenvalue weighted by Gasteiger charge is 2.32. The summed E-state index contributed by atoms with van der Waals surface area (Å²) in [6, 6.07) is 10.8. The number of amides is 2. The minimum Gasteiger partial charge on any atom is -0.492 e. The summed E-state index contributed by atoms with van der Waals surface area (Å²) in [7, 11) is -3.88. The number of unbranched alkanes of at least 4 members (excludes halogenated alkanes) is 1. The average molecular weight is 573 g/mol. The van der Waals surface area contributed by atoms with Crippen LogP contribution in [0.5, 0.6) is 5.75 Å². The fraction of sp³-hybridized carbons (Fsp3) is 0.462. The number of benzene rings is 2. The maximum Gasteiger partial charge on any atom is 0.244 e. The summed E-state index contributed by atoms with van der Waals surface area (Å²) >= 11 is 12.2. The summed E-state index contributed by atoms with van der Waals surface area (Å²) in [6.07, 6.45) is 3.07. The summed E-state index contributed by atoms with van der Waals surface area (Å²) in [5.41, 5.74) is 0.901. The fourth-order valence-electron chi connectivity index (χ4n) is 3.80. The second-order valence-electron chi connectivity index (χ2n) is 8.51. The first-order valence-corrected chi connectivity index (χ1v) is 14.8. The van der Waals surface area contributed by atoms with Crippen molar-refractivity contribution in [1.29, 1.82) is 0 Å². The Balaban J connectivity index is 2.47. The van der Waals surface area contributed by atoms with Gasteiger partial charge in [-0.2, -0.15) is 0 Å². The summed E-state index contributed by atoms with van der Waals surface area (Å²) in [5, 5.41) is 3.56. The Morgan fingerprint density at radius 2 is 1.76 bits per heavy atom. The Morgan fingerprint density at radius 3 is 2.35 bits per heavy atom. The SMILES string of the molecule is CCCCNC(=O)[C@@H](CC)N(Cc1ccc(Cl)c(Cl)c1)C(=O)CN(c1ccccc1OCC)S(C)(=O)=O. The minimum absolute atomic E-state index is 0.0418. The number of rotatable bonds is 14. The van der Waals surface area contributed by atoms with Crippen LogP contribution in [0.25, 0.3) is 0 Å². The molecule has 2 rings (SSSR count). The van der Waals surface area contributed by atoms with E-state index in [1.807, 2.05) is 6.92 Å². The first kappa shape index (κ1) is 30.7. The Bertz CT molecular complexity index is 1180. The smallest absolute Gasteiger partial charge is 0.244 e. The molecule has 0 aliphatic heterocycles. The van der Waals surface area contributed by atoms with Crippen LogP contribution in [-0.2, 0) is 26.2 Å². The van der Waals surface area contributed by atoms with Crippen LogP contribution in [0.4, 0.5) is 5.69 Å². The molecular weight excluding hydrogens is 537 g/mol. The fourth-order valence-corrected chi connectivity index (χ4v) is 4.97. The Morgan fingerprint density at radius 1 is 1.05 bits per heavy atom. The molecule has 0 spiro atoms. The number of carbonyl (C=O) groups excluding carboxylic acids is 2. The molecule has 0 aromatic heterocycles. The van der Waals surface area contributed by atoms with Gasteiger partial charge in [0, 0.05) is 13.1 Å². The first-order chi connectivity index (χ1) is 17.5. The maximum atomic E-state index is 13.8. The highest BCUT2D eigenvalue weighted by Crippen LogP contribution is 2.30. The van der Waals surface area contributed by atoms with Crippen LogP contribution in [0.2, 0.25) is 10.0 Å². The molecule has 0 saturated heterocycles. The van der Waals surface area contributed by atoms with Gasteiger partial charge >= 0.3 is 0 Å². The van der Waals surface area contributed by atoms with Gasteiger partial charge in [-0.05, 0) is 49.6 Å². The first-order valence-electron chi connectivity index (χ1n) is 12.2. The molecule has 0 radical (unpaired) electrons. The lowest BCUT2D eigenvalue weighted by Gasteiger charge is -2.33. The highest BCUT2D eigenvalue weighted by atomic mass is 35.5. The van der Waals surface area contributed by atoms with Crippen LogP contribution in [0.15, 0.2) is 42.5 Å². The van der Waals surface area contributed by atoms with Gasteiger partial charge in [-0.3, -0.25) is 13.9 Å². The van der Waals surface area contributed by atoms with E-state index >= 15 is 0 Å². The lowest BCUT2D eigenvalue weighted by Crippen LogP contribution is -2.52. The molecule has 11 heteroatoms. The van der Waals surface area contributed by atoms with E-state index in [2.05, 4.69) is 5.32 Å². The standard InChI is InChI=1S/C26H35Cl2N3O5S/c1-5-8-15-29-26(33)22(6-2)30(17-19-13-14-20(27)21(28)16-19)25(32)18-31(37(4,34)35)23-11-9-10-12-24(23)36-7-3/h9-14,16,22H,5-8,15,17-18H2,1-4H3,(H,29,33)/t22-/m1/s1. The minimum atomic E-state index is -3.88. The van der Waals surface area contributed by atoms with E-state index in [-0.39, 0.29) is 18.1 Å². The molecule has 1 atom stereocenters. The van der Waals surface area contributed by atoms with Crippen LogP contribution in [0, 0.1) is 0 Å². The van der Waals surface area contributed by atoms with E-state index in [1.165, 1.54) is 4.90 Å². The molecule has 204 valence electrons. The van der Waals surface area contributed by atoms with Crippen molar-refractivity contribution in [2.24, 2.45) is 0 Å². The average Bonchev–Trinajstić information content (AvgIpc) is 2.84. The Labute approximate surface area is 229 Å². The Kier molecular flexibility index (Phi) is 12.0. The monoisotopic (exact) mass is 571 g/mol. The number of halogens is 2. The van der Waals surface area contributed by atoms with Crippen LogP contribution < -0.4 is 14.4 Å². The number of carbonyl (C=O) groups is 2. The number of sulfonamides is 1. The van der Waals surface area contributed by atoms with Gasteiger partial charge in [0.1, 0.15) is 18.3 Å². The number of para-hydroxylation sites is 2. The largest absolute Gasteiger partial charge is 0.492 e. The van der Waals surface area contributed by atoms with E-state index in [0.717, 1.165) is 23.4 Å². The van der Waals surface area contributed by atoms with Crippen molar-refractivity contribution in [2.75, 3.05) is 30.3 Å². The molecule has 0 heterocycles. The third kappa shape index (κ3) is 8.79. The summed E-state index contributed by atoms with van der Waals surface area (Å²) in [4.78, 5) is 28.3. The van der Waals surface area contributed by atoms with E-state index < -0.39 is 28.5 Å².